The van der Waals surface area contributed by atoms with E-state index in [1.54, 1.807) is 6.07 Å². The zero-order valence-electron chi connectivity index (χ0n) is 11.6. The molecule has 6 heteroatoms. The summed E-state index contributed by atoms with van der Waals surface area (Å²) in [6.07, 6.45) is 1.94. The number of aliphatic carboxylic acids is 1. The normalized spacial score (nSPS) is 21.7. The summed E-state index contributed by atoms with van der Waals surface area (Å²) in [7, 11) is 0. The Hall–Kier alpha value is -2.11. The molecule has 0 bridgehead atoms. The first kappa shape index (κ1) is 14.3. The maximum Gasteiger partial charge on any atom is 0.306 e. The van der Waals surface area contributed by atoms with Gasteiger partial charge in [0.25, 0.3) is 5.91 Å². The Balaban J connectivity index is 2.21. The minimum atomic E-state index is -0.766. The first-order valence-electron chi connectivity index (χ1n) is 6.66. The molecule has 2 rings (SSSR count). The fraction of sp³-hybridized carbons (Fsp3) is 0.500. The lowest BCUT2D eigenvalue weighted by molar-refractivity contribution is -0.141. The number of hydrogen-bond acceptors (Lipinski definition) is 4. The highest BCUT2D eigenvalue weighted by molar-refractivity contribution is 5.99. The molecule has 1 aromatic heterocycles. The number of nitrogens with one attached hydrogen (secondary N) is 1. The standard InChI is InChI=1S/C14H19N3O3/c1-7-5-8(2)16-13(11(7)12(15)18)17-10-4-3-9(6-10)14(19)20/h5,9-10H,3-4,6H2,1-2H3,(H2,15,18)(H,16,17)(H,19,20). The Morgan fingerprint density at radius 3 is 2.65 bits per heavy atom. The van der Waals surface area contributed by atoms with Gasteiger partial charge in [-0.3, -0.25) is 9.59 Å². The van der Waals surface area contributed by atoms with Gasteiger partial charge in [-0.05, 0) is 44.7 Å². The minimum Gasteiger partial charge on any atom is -0.481 e. The number of carboxylic acids is 1. The van der Waals surface area contributed by atoms with Crippen molar-refractivity contribution in [2.75, 3.05) is 5.32 Å². The van der Waals surface area contributed by atoms with Crippen LogP contribution < -0.4 is 11.1 Å². The molecule has 2 atom stereocenters. The summed E-state index contributed by atoms with van der Waals surface area (Å²) in [5.74, 6) is -1.15. The number of carbonyl (C=O) groups is 2. The van der Waals surface area contributed by atoms with E-state index in [0.29, 0.717) is 24.2 Å². The maximum atomic E-state index is 11.5. The molecule has 2 unspecified atom stereocenters. The molecular weight excluding hydrogens is 258 g/mol. The average molecular weight is 277 g/mol. The van der Waals surface area contributed by atoms with Crippen molar-refractivity contribution >= 4 is 17.7 Å². The molecule has 0 saturated heterocycles. The SMILES string of the molecule is Cc1cc(C)c(C(N)=O)c(NC2CCC(C(=O)O)C2)n1. The van der Waals surface area contributed by atoms with Gasteiger partial charge in [0, 0.05) is 11.7 Å². The van der Waals surface area contributed by atoms with Gasteiger partial charge < -0.3 is 16.2 Å². The Morgan fingerprint density at radius 2 is 2.10 bits per heavy atom. The number of anilines is 1. The van der Waals surface area contributed by atoms with Gasteiger partial charge >= 0.3 is 5.97 Å². The summed E-state index contributed by atoms with van der Waals surface area (Å²) in [6, 6.07) is 1.82. The third-order valence-corrected chi connectivity index (χ3v) is 3.71. The van der Waals surface area contributed by atoms with Crippen molar-refractivity contribution in [1.82, 2.24) is 4.98 Å². The van der Waals surface area contributed by atoms with Crippen molar-refractivity contribution in [3.63, 3.8) is 0 Å². The van der Waals surface area contributed by atoms with Crippen LogP contribution in [0.25, 0.3) is 0 Å². The van der Waals surface area contributed by atoms with Crippen LogP contribution in [0.3, 0.4) is 0 Å². The molecule has 0 aliphatic heterocycles. The summed E-state index contributed by atoms with van der Waals surface area (Å²) in [5.41, 5.74) is 7.36. The Labute approximate surface area is 117 Å². The number of nitrogens with zero attached hydrogens (tertiary/aromatic N) is 1. The quantitative estimate of drug-likeness (QED) is 0.772. The van der Waals surface area contributed by atoms with E-state index in [2.05, 4.69) is 10.3 Å². The highest BCUT2D eigenvalue weighted by atomic mass is 16.4. The molecule has 0 aromatic carbocycles. The van der Waals surface area contributed by atoms with Crippen LogP contribution >= 0.6 is 0 Å². The van der Waals surface area contributed by atoms with Crippen LogP contribution in [-0.2, 0) is 4.79 Å². The summed E-state index contributed by atoms with van der Waals surface area (Å²) >= 11 is 0. The van der Waals surface area contributed by atoms with E-state index >= 15 is 0 Å². The first-order valence-corrected chi connectivity index (χ1v) is 6.66. The van der Waals surface area contributed by atoms with Gasteiger partial charge in [-0.1, -0.05) is 0 Å². The van der Waals surface area contributed by atoms with Crippen molar-refractivity contribution < 1.29 is 14.7 Å². The minimum absolute atomic E-state index is 0.0166. The second-order valence-electron chi connectivity index (χ2n) is 5.36. The molecular formula is C14H19N3O3. The number of pyridine rings is 1. The summed E-state index contributed by atoms with van der Waals surface area (Å²) in [6.45, 7) is 3.66. The highest BCUT2D eigenvalue weighted by Crippen LogP contribution is 2.29. The fourth-order valence-corrected chi connectivity index (χ4v) is 2.78. The van der Waals surface area contributed by atoms with Crippen LogP contribution in [0.15, 0.2) is 6.07 Å². The molecule has 1 amide bonds. The van der Waals surface area contributed by atoms with Crippen LogP contribution in [0.1, 0.15) is 40.9 Å². The number of nitrogens with two attached hydrogens (primary N) is 1. The van der Waals surface area contributed by atoms with Crippen molar-refractivity contribution in [3.8, 4) is 0 Å². The van der Waals surface area contributed by atoms with E-state index in [-0.39, 0.29) is 12.0 Å². The third-order valence-electron chi connectivity index (χ3n) is 3.71. The van der Waals surface area contributed by atoms with Crippen LogP contribution in [0.4, 0.5) is 5.82 Å². The van der Waals surface area contributed by atoms with E-state index in [0.717, 1.165) is 17.7 Å². The maximum absolute atomic E-state index is 11.5. The van der Waals surface area contributed by atoms with Gasteiger partial charge in [0.1, 0.15) is 5.82 Å². The number of aromatic nitrogens is 1. The second-order valence-corrected chi connectivity index (χ2v) is 5.36. The fourth-order valence-electron chi connectivity index (χ4n) is 2.78. The number of rotatable bonds is 4. The van der Waals surface area contributed by atoms with Crippen molar-refractivity contribution in [1.29, 1.82) is 0 Å². The largest absolute Gasteiger partial charge is 0.481 e. The van der Waals surface area contributed by atoms with Crippen molar-refractivity contribution in [2.45, 2.75) is 39.2 Å². The van der Waals surface area contributed by atoms with Crippen LogP contribution in [0.5, 0.6) is 0 Å². The van der Waals surface area contributed by atoms with E-state index in [1.807, 2.05) is 13.8 Å². The van der Waals surface area contributed by atoms with Gasteiger partial charge in [0.05, 0.1) is 11.5 Å². The Bertz CT molecular complexity index is 557. The highest BCUT2D eigenvalue weighted by Gasteiger charge is 2.30. The van der Waals surface area contributed by atoms with Gasteiger partial charge in [-0.25, -0.2) is 4.98 Å². The summed E-state index contributed by atoms with van der Waals surface area (Å²) in [4.78, 5) is 26.8. The zero-order chi connectivity index (χ0) is 14.9. The van der Waals surface area contributed by atoms with Gasteiger partial charge in [-0.2, -0.15) is 0 Å². The molecule has 0 radical (unpaired) electrons. The molecule has 6 nitrogen and oxygen atoms in total. The second kappa shape index (κ2) is 5.48. The van der Waals surface area contributed by atoms with E-state index in [4.69, 9.17) is 10.8 Å². The lowest BCUT2D eigenvalue weighted by Gasteiger charge is -2.17. The average Bonchev–Trinajstić information content (AvgIpc) is 2.75. The number of carbonyl (C=O) groups excluding carboxylic acids is 1. The summed E-state index contributed by atoms with van der Waals surface area (Å²) in [5, 5.41) is 12.2. The smallest absolute Gasteiger partial charge is 0.306 e. The van der Waals surface area contributed by atoms with Crippen LogP contribution in [0, 0.1) is 19.8 Å². The van der Waals surface area contributed by atoms with Gasteiger partial charge in [0.2, 0.25) is 0 Å². The number of primary amides is 1. The topological polar surface area (TPSA) is 105 Å². The zero-order valence-corrected chi connectivity index (χ0v) is 11.6. The number of amides is 1. The number of carboxylic acid groups (broad SMARTS) is 1. The predicted octanol–water partition coefficient (Wildman–Crippen LogP) is 1.46. The molecule has 1 aromatic rings. The van der Waals surface area contributed by atoms with Crippen LogP contribution in [-0.4, -0.2) is 28.0 Å². The Kier molecular flexibility index (Phi) is 3.92. The molecule has 20 heavy (non-hydrogen) atoms. The molecule has 4 N–H and O–H groups in total. The monoisotopic (exact) mass is 277 g/mol. The third kappa shape index (κ3) is 2.89. The summed E-state index contributed by atoms with van der Waals surface area (Å²) < 4.78 is 0. The van der Waals surface area contributed by atoms with E-state index < -0.39 is 11.9 Å². The molecule has 0 spiro atoms. The van der Waals surface area contributed by atoms with Crippen LogP contribution in [0.2, 0.25) is 0 Å². The van der Waals surface area contributed by atoms with Gasteiger partial charge in [-0.15, -0.1) is 0 Å². The van der Waals surface area contributed by atoms with Gasteiger partial charge in [0.15, 0.2) is 0 Å². The van der Waals surface area contributed by atoms with E-state index in [9.17, 15) is 9.59 Å². The lowest BCUT2D eigenvalue weighted by Crippen LogP contribution is -2.23. The molecule has 1 fully saturated rings. The van der Waals surface area contributed by atoms with Crippen molar-refractivity contribution in [2.24, 2.45) is 11.7 Å². The van der Waals surface area contributed by atoms with E-state index in [1.165, 1.54) is 0 Å². The Morgan fingerprint density at radius 1 is 1.40 bits per heavy atom. The first-order chi connectivity index (χ1) is 9.38. The number of hydrogen-bond donors (Lipinski definition) is 3. The predicted molar refractivity (Wildman–Crippen MR) is 74.6 cm³/mol. The molecule has 1 saturated carbocycles. The molecule has 1 aliphatic rings. The molecule has 108 valence electrons. The van der Waals surface area contributed by atoms with Crippen molar-refractivity contribution in [3.05, 3.63) is 22.9 Å². The lowest BCUT2D eigenvalue weighted by atomic mass is 10.1. The molecule has 1 aliphatic carbocycles. The molecule has 1 heterocycles. The number of aryl methyl sites for hydroxylation is 2.